The van der Waals surface area contributed by atoms with Crippen LogP contribution in [0.4, 0.5) is 10.1 Å². The van der Waals surface area contributed by atoms with Crippen molar-refractivity contribution in [1.29, 1.82) is 0 Å². The van der Waals surface area contributed by atoms with Crippen LogP contribution in [0.1, 0.15) is 20.7 Å². The molecular formula is C15H12FN3O5. The first-order valence-electron chi connectivity index (χ1n) is 6.61. The number of hydrazine groups is 1. The van der Waals surface area contributed by atoms with Crippen LogP contribution in [0, 0.1) is 15.9 Å². The van der Waals surface area contributed by atoms with Crippen molar-refractivity contribution < 1.29 is 23.6 Å². The maximum absolute atomic E-state index is 13.5. The molecule has 2 aromatic carbocycles. The van der Waals surface area contributed by atoms with Crippen molar-refractivity contribution in [3.63, 3.8) is 0 Å². The molecule has 0 aliphatic carbocycles. The number of nitro groups is 1. The second-order valence-corrected chi connectivity index (χ2v) is 4.53. The topological polar surface area (TPSA) is 111 Å². The monoisotopic (exact) mass is 333 g/mol. The van der Waals surface area contributed by atoms with E-state index >= 15 is 0 Å². The summed E-state index contributed by atoms with van der Waals surface area (Å²) in [6.07, 6.45) is 0. The smallest absolute Gasteiger partial charge is 0.311 e. The molecule has 0 fully saturated rings. The van der Waals surface area contributed by atoms with Crippen molar-refractivity contribution in [1.82, 2.24) is 10.9 Å². The molecule has 2 amide bonds. The number of hydrogen-bond donors (Lipinski definition) is 2. The average molecular weight is 333 g/mol. The van der Waals surface area contributed by atoms with E-state index in [-0.39, 0.29) is 16.9 Å². The van der Waals surface area contributed by atoms with Crippen molar-refractivity contribution >= 4 is 17.5 Å². The Balaban J connectivity index is 2.10. The van der Waals surface area contributed by atoms with Gasteiger partial charge in [0.05, 0.1) is 17.6 Å². The second-order valence-electron chi connectivity index (χ2n) is 4.53. The lowest BCUT2D eigenvalue weighted by Crippen LogP contribution is -2.41. The minimum Gasteiger partial charge on any atom is -0.490 e. The number of amides is 2. The van der Waals surface area contributed by atoms with Gasteiger partial charge in [-0.3, -0.25) is 30.6 Å². The number of nitrogens with one attached hydrogen (secondary N) is 2. The highest BCUT2D eigenvalue weighted by Crippen LogP contribution is 2.27. The van der Waals surface area contributed by atoms with E-state index in [0.29, 0.717) is 0 Å². The first kappa shape index (κ1) is 16.9. The lowest BCUT2D eigenvalue weighted by atomic mass is 10.2. The van der Waals surface area contributed by atoms with Gasteiger partial charge in [-0.05, 0) is 24.3 Å². The SMILES string of the molecule is COc1ccc(C(=O)NNC(=O)c2ccccc2F)cc1[N+](=O)[O-]. The van der Waals surface area contributed by atoms with Crippen LogP contribution < -0.4 is 15.6 Å². The Labute approximate surface area is 135 Å². The largest absolute Gasteiger partial charge is 0.490 e. The van der Waals surface area contributed by atoms with Crippen molar-refractivity contribution in [2.45, 2.75) is 0 Å². The number of carbonyl (C=O) groups excluding carboxylic acids is 2. The van der Waals surface area contributed by atoms with Gasteiger partial charge >= 0.3 is 5.69 Å². The van der Waals surface area contributed by atoms with E-state index < -0.39 is 28.2 Å². The minimum atomic E-state index is -0.857. The van der Waals surface area contributed by atoms with Crippen molar-refractivity contribution in [2.75, 3.05) is 7.11 Å². The van der Waals surface area contributed by atoms with E-state index in [1.54, 1.807) is 0 Å². The van der Waals surface area contributed by atoms with E-state index in [1.807, 2.05) is 5.43 Å². The third-order valence-electron chi connectivity index (χ3n) is 3.05. The maximum Gasteiger partial charge on any atom is 0.311 e. The number of ether oxygens (including phenoxy) is 1. The Morgan fingerprint density at radius 3 is 2.42 bits per heavy atom. The molecule has 24 heavy (non-hydrogen) atoms. The Hall–Kier alpha value is -3.49. The van der Waals surface area contributed by atoms with Crippen LogP contribution in [0.3, 0.4) is 0 Å². The number of methoxy groups -OCH3 is 1. The Morgan fingerprint density at radius 2 is 1.79 bits per heavy atom. The van der Waals surface area contributed by atoms with E-state index in [0.717, 1.165) is 12.1 Å². The molecule has 0 aromatic heterocycles. The Morgan fingerprint density at radius 1 is 1.12 bits per heavy atom. The second kappa shape index (κ2) is 7.18. The van der Waals surface area contributed by atoms with Crippen LogP contribution in [0.25, 0.3) is 0 Å². The molecule has 2 rings (SSSR count). The molecule has 0 saturated heterocycles. The number of nitrogens with zero attached hydrogens (tertiary/aromatic N) is 1. The summed E-state index contributed by atoms with van der Waals surface area (Å²) in [4.78, 5) is 34.0. The summed E-state index contributed by atoms with van der Waals surface area (Å²) in [5.74, 6) is -2.41. The molecule has 0 unspecified atom stereocenters. The summed E-state index contributed by atoms with van der Waals surface area (Å²) in [7, 11) is 1.26. The summed E-state index contributed by atoms with van der Waals surface area (Å²) in [6, 6.07) is 8.78. The van der Waals surface area contributed by atoms with Crippen molar-refractivity contribution in [3.05, 3.63) is 69.5 Å². The molecule has 124 valence electrons. The molecule has 0 aliphatic rings. The Kier molecular flexibility index (Phi) is 5.05. The standard InChI is InChI=1S/C15H12FN3O5/c1-24-13-7-6-9(8-12(13)19(22)23)14(20)17-18-15(21)10-4-2-3-5-11(10)16/h2-8H,1H3,(H,17,20)(H,18,21). The highest BCUT2D eigenvalue weighted by atomic mass is 19.1. The van der Waals surface area contributed by atoms with E-state index in [9.17, 15) is 24.1 Å². The fourth-order valence-corrected chi connectivity index (χ4v) is 1.87. The number of halogens is 1. The quantitative estimate of drug-likeness (QED) is 0.655. The molecule has 9 heteroatoms. The number of nitro benzene ring substituents is 1. The molecule has 2 N–H and O–H groups in total. The highest BCUT2D eigenvalue weighted by Gasteiger charge is 2.19. The van der Waals surface area contributed by atoms with Gasteiger partial charge in [0.15, 0.2) is 5.75 Å². The molecule has 0 atom stereocenters. The van der Waals surface area contributed by atoms with Crippen LogP contribution in [0.2, 0.25) is 0 Å². The highest BCUT2D eigenvalue weighted by molar-refractivity contribution is 5.99. The zero-order valence-corrected chi connectivity index (χ0v) is 12.4. The number of carbonyl (C=O) groups is 2. The fraction of sp³-hybridized carbons (Fsp3) is 0.0667. The summed E-state index contributed by atoms with van der Waals surface area (Å²) in [6.45, 7) is 0. The predicted molar refractivity (Wildman–Crippen MR) is 81.0 cm³/mol. The summed E-state index contributed by atoms with van der Waals surface area (Å²) >= 11 is 0. The summed E-state index contributed by atoms with van der Waals surface area (Å²) in [5, 5.41) is 10.9. The molecule has 0 radical (unpaired) electrons. The van der Waals surface area contributed by atoms with Gasteiger partial charge < -0.3 is 4.74 Å². The van der Waals surface area contributed by atoms with Gasteiger partial charge in [-0.2, -0.15) is 0 Å². The normalized spacial score (nSPS) is 9.92. The zero-order chi connectivity index (χ0) is 17.7. The maximum atomic E-state index is 13.5. The summed E-state index contributed by atoms with van der Waals surface area (Å²) < 4.78 is 18.3. The predicted octanol–water partition coefficient (Wildman–Crippen LogP) is 1.82. The Bertz CT molecular complexity index is 809. The number of hydrogen-bond acceptors (Lipinski definition) is 5. The first-order chi connectivity index (χ1) is 11.4. The van der Waals surface area contributed by atoms with Crippen LogP contribution in [-0.2, 0) is 0 Å². The van der Waals surface area contributed by atoms with Gasteiger partial charge in [0.1, 0.15) is 5.82 Å². The first-order valence-corrected chi connectivity index (χ1v) is 6.61. The van der Waals surface area contributed by atoms with E-state index in [1.165, 1.54) is 37.4 Å². The van der Waals surface area contributed by atoms with Crippen molar-refractivity contribution in [2.24, 2.45) is 0 Å². The minimum absolute atomic E-state index is 0.00746. The third-order valence-corrected chi connectivity index (χ3v) is 3.05. The van der Waals surface area contributed by atoms with Crippen LogP contribution in [0.5, 0.6) is 5.75 Å². The molecule has 0 aliphatic heterocycles. The molecular weight excluding hydrogens is 321 g/mol. The van der Waals surface area contributed by atoms with Crippen LogP contribution >= 0.6 is 0 Å². The molecule has 0 bridgehead atoms. The van der Waals surface area contributed by atoms with Gasteiger partial charge in [-0.1, -0.05) is 12.1 Å². The van der Waals surface area contributed by atoms with Crippen LogP contribution in [0.15, 0.2) is 42.5 Å². The zero-order valence-electron chi connectivity index (χ0n) is 12.4. The lowest BCUT2D eigenvalue weighted by molar-refractivity contribution is -0.385. The molecule has 0 heterocycles. The fourth-order valence-electron chi connectivity index (χ4n) is 1.87. The molecule has 0 saturated carbocycles. The van der Waals surface area contributed by atoms with E-state index in [4.69, 9.17) is 4.74 Å². The number of benzene rings is 2. The molecule has 2 aromatic rings. The molecule has 8 nitrogen and oxygen atoms in total. The van der Waals surface area contributed by atoms with Crippen LogP contribution in [-0.4, -0.2) is 23.8 Å². The van der Waals surface area contributed by atoms with Crippen molar-refractivity contribution in [3.8, 4) is 5.75 Å². The van der Waals surface area contributed by atoms with Gasteiger partial charge in [0, 0.05) is 11.6 Å². The summed E-state index contributed by atoms with van der Waals surface area (Å²) in [5.41, 5.74) is 3.37. The number of rotatable bonds is 4. The van der Waals surface area contributed by atoms with Gasteiger partial charge in [0.2, 0.25) is 0 Å². The lowest BCUT2D eigenvalue weighted by Gasteiger charge is -2.08. The van der Waals surface area contributed by atoms with Gasteiger partial charge in [-0.25, -0.2) is 4.39 Å². The third kappa shape index (κ3) is 3.64. The molecule has 0 spiro atoms. The average Bonchev–Trinajstić information content (AvgIpc) is 2.59. The van der Waals surface area contributed by atoms with Gasteiger partial charge in [0.25, 0.3) is 11.8 Å². The van der Waals surface area contributed by atoms with E-state index in [2.05, 4.69) is 5.43 Å². The van der Waals surface area contributed by atoms with Gasteiger partial charge in [-0.15, -0.1) is 0 Å².